The zero-order valence-electron chi connectivity index (χ0n) is 13.0. The Kier molecular flexibility index (Phi) is 21.7. The molecule has 112 valence electrons. The van der Waals surface area contributed by atoms with Gasteiger partial charge in [-0.2, -0.15) is 0 Å². The van der Waals surface area contributed by atoms with Gasteiger partial charge in [0.15, 0.2) is 0 Å². The summed E-state index contributed by atoms with van der Waals surface area (Å²) in [5.41, 5.74) is 0. The average molecular weight is 260 g/mol. The molecule has 0 bridgehead atoms. The van der Waals surface area contributed by atoms with Gasteiger partial charge < -0.3 is 10.2 Å². The second-order valence-electron chi connectivity index (χ2n) is 5.46. The van der Waals surface area contributed by atoms with E-state index in [0.29, 0.717) is 13.2 Å². The van der Waals surface area contributed by atoms with Gasteiger partial charge in [0.05, 0.1) is 0 Å². The molecule has 0 aromatic rings. The maximum Gasteiger partial charge on any atom is 0.0431 e. The molecule has 0 aromatic carbocycles. The third kappa shape index (κ3) is 24.9. The van der Waals surface area contributed by atoms with Crippen LogP contribution in [-0.2, 0) is 0 Å². The number of hydrogen-bond donors (Lipinski definition) is 2. The van der Waals surface area contributed by atoms with Crippen LogP contribution in [0.25, 0.3) is 0 Å². The summed E-state index contributed by atoms with van der Waals surface area (Å²) >= 11 is 0. The molecule has 0 rings (SSSR count). The van der Waals surface area contributed by atoms with Gasteiger partial charge in [-0.15, -0.1) is 0 Å². The third-order valence-electron chi connectivity index (χ3n) is 2.95. The third-order valence-corrected chi connectivity index (χ3v) is 2.95. The van der Waals surface area contributed by atoms with E-state index < -0.39 is 0 Å². The van der Waals surface area contributed by atoms with E-state index in [-0.39, 0.29) is 0 Å². The van der Waals surface area contributed by atoms with E-state index in [9.17, 15) is 0 Å². The molecule has 0 aliphatic rings. The lowest BCUT2D eigenvalue weighted by Crippen LogP contribution is -1.88. The summed E-state index contributed by atoms with van der Waals surface area (Å²) in [6.07, 6.45) is 12.3. The molecule has 0 aliphatic carbocycles. The zero-order chi connectivity index (χ0) is 14.1. The molecule has 0 atom stereocenters. The van der Waals surface area contributed by atoms with E-state index in [1.807, 2.05) is 0 Å². The van der Waals surface area contributed by atoms with Crippen LogP contribution in [0.3, 0.4) is 0 Å². The van der Waals surface area contributed by atoms with E-state index >= 15 is 0 Å². The average Bonchev–Trinajstić information content (AvgIpc) is 2.34. The minimum Gasteiger partial charge on any atom is -0.396 e. The second kappa shape index (κ2) is 19.3. The summed E-state index contributed by atoms with van der Waals surface area (Å²) < 4.78 is 0. The Morgan fingerprint density at radius 1 is 0.667 bits per heavy atom. The molecule has 2 nitrogen and oxygen atoms in total. The Morgan fingerprint density at radius 3 is 1.56 bits per heavy atom. The van der Waals surface area contributed by atoms with Crippen LogP contribution in [-0.4, -0.2) is 23.4 Å². The molecule has 0 amide bonds. The summed E-state index contributed by atoms with van der Waals surface area (Å²) in [5, 5.41) is 16.8. The van der Waals surface area contributed by atoms with Crippen LogP contribution in [0.15, 0.2) is 0 Å². The first-order valence-corrected chi connectivity index (χ1v) is 7.90. The van der Waals surface area contributed by atoms with Gasteiger partial charge in [0, 0.05) is 13.2 Å². The first-order chi connectivity index (χ1) is 8.68. The lowest BCUT2D eigenvalue weighted by molar-refractivity contribution is 0.280. The first-order valence-electron chi connectivity index (χ1n) is 7.90. The number of unbranched alkanes of at least 4 members (excludes halogenated alkanes) is 7. The summed E-state index contributed by atoms with van der Waals surface area (Å²) in [5.74, 6) is 0.793. The number of aliphatic hydroxyl groups excluding tert-OH is 2. The molecule has 0 aliphatic heterocycles. The van der Waals surface area contributed by atoms with Gasteiger partial charge in [-0.1, -0.05) is 72.1 Å². The van der Waals surface area contributed by atoms with Crippen molar-refractivity contribution >= 4 is 0 Å². The number of rotatable bonds is 11. The molecule has 0 heterocycles. The molecule has 18 heavy (non-hydrogen) atoms. The Bertz CT molecular complexity index is 116. The highest BCUT2D eigenvalue weighted by Gasteiger charge is 1.91. The van der Waals surface area contributed by atoms with Crippen LogP contribution in [0.2, 0.25) is 0 Å². The summed E-state index contributed by atoms with van der Waals surface area (Å²) in [4.78, 5) is 0. The highest BCUT2D eigenvalue weighted by atomic mass is 16.3. The van der Waals surface area contributed by atoms with Crippen molar-refractivity contribution in [3.8, 4) is 0 Å². The molecular weight excluding hydrogens is 224 g/mol. The molecule has 0 spiro atoms. The van der Waals surface area contributed by atoms with Crippen molar-refractivity contribution < 1.29 is 10.2 Å². The van der Waals surface area contributed by atoms with Crippen LogP contribution < -0.4 is 0 Å². The fourth-order valence-corrected chi connectivity index (χ4v) is 1.73. The summed E-state index contributed by atoms with van der Waals surface area (Å²) in [6, 6.07) is 0. The van der Waals surface area contributed by atoms with Crippen LogP contribution >= 0.6 is 0 Å². The van der Waals surface area contributed by atoms with Crippen LogP contribution in [0.4, 0.5) is 0 Å². The topological polar surface area (TPSA) is 40.5 Å². The first kappa shape index (κ1) is 20.2. The molecule has 0 unspecified atom stereocenters. The van der Waals surface area contributed by atoms with E-state index in [0.717, 1.165) is 18.8 Å². The number of hydrogen-bond acceptors (Lipinski definition) is 2. The molecule has 2 N–H and O–H groups in total. The zero-order valence-corrected chi connectivity index (χ0v) is 13.0. The molecule has 0 aromatic heterocycles. The summed E-state index contributed by atoms with van der Waals surface area (Å²) in [6.45, 7) is 7.36. The minimum atomic E-state index is 0.354. The maximum absolute atomic E-state index is 8.47. The summed E-state index contributed by atoms with van der Waals surface area (Å²) in [7, 11) is 0. The normalized spacial score (nSPS) is 10.3. The van der Waals surface area contributed by atoms with E-state index in [1.165, 1.54) is 51.4 Å². The standard InChI is InChI=1S/C9H20O.C7H16O/c1-2-3-4-5-6-7-8-9-10;1-7(2)5-3-4-6-8/h10H,2-9H2,1H3;7-8H,3-6H2,1-2H3. The minimum absolute atomic E-state index is 0.354. The monoisotopic (exact) mass is 260 g/mol. The molecule has 0 radical (unpaired) electrons. The second-order valence-corrected chi connectivity index (χ2v) is 5.46. The van der Waals surface area contributed by atoms with Crippen molar-refractivity contribution in [3.05, 3.63) is 0 Å². The SMILES string of the molecule is CC(C)CCCCO.CCCCCCCCCO. The smallest absolute Gasteiger partial charge is 0.0431 e. The van der Waals surface area contributed by atoms with Crippen molar-refractivity contribution in [3.63, 3.8) is 0 Å². The van der Waals surface area contributed by atoms with E-state index in [2.05, 4.69) is 20.8 Å². The Hall–Kier alpha value is -0.0800. The molecule has 2 heteroatoms. The van der Waals surface area contributed by atoms with Crippen LogP contribution in [0.5, 0.6) is 0 Å². The van der Waals surface area contributed by atoms with Crippen molar-refractivity contribution in [1.82, 2.24) is 0 Å². The molecular formula is C16H36O2. The molecule has 0 fully saturated rings. The lowest BCUT2D eigenvalue weighted by Gasteiger charge is -2.00. The largest absolute Gasteiger partial charge is 0.396 e. The van der Waals surface area contributed by atoms with Crippen molar-refractivity contribution in [1.29, 1.82) is 0 Å². The van der Waals surface area contributed by atoms with Crippen molar-refractivity contribution in [2.45, 2.75) is 85.0 Å². The van der Waals surface area contributed by atoms with Crippen molar-refractivity contribution in [2.24, 2.45) is 5.92 Å². The predicted octanol–water partition coefficient (Wildman–Crippen LogP) is 4.53. The maximum atomic E-state index is 8.47. The van der Waals surface area contributed by atoms with Gasteiger partial charge in [0.1, 0.15) is 0 Å². The quantitative estimate of drug-likeness (QED) is 0.536. The van der Waals surface area contributed by atoms with Gasteiger partial charge >= 0.3 is 0 Å². The van der Waals surface area contributed by atoms with E-state index in [4.69, 9.17) is 10.2 Å². The van der Waals surface area contributed by atoms with Gasteiger partial charge in [-0.25, -0.2) is 0 Å². The van der Waals surface area contributed by atoms with Crippen LogP contribution in [0.1, 0.15) is 85.0 Å². The Balaban J connectivity index is 0. The highest BCUT2D eigenvalue weighted by Crippen LogP contribution is 2.06. The fraction of sp³-hybridized carbons (Fsp3) is 1.00. The fourth-order valence-electron chi connectivity index (χ4n) is 1.73. The van der Waals surface area contributed by atoms with Crippen LogP contribution in [0, 0.1) is 5.92 Å². The lowest BCUT2D eigenvalue weighted by atomic mass is 10.1. The van der Waals surface area contributed by atoms with E-state index in [1.54, 1.807) is 0 Å². The molecule has 0 saturated carbocycles. The van der Waals surface area contributed by atoms with Gasteiger partial charge in [0.25, 0.3) is 0 Å². The number of aliphatic hydroxyl groups is 2. The van der Waals surface area contributed by atoms with Gasteiger partial charge in [0.2, 0.25) is 0 Å². The molecule has 0 saturated heterocycles. The Morgan fingerprint density at radius 2 is 1.11 bits per heavy atom. The van der Waals surface area contributed by atoms with Gasteiger partial charge in [-0.05, 0) is 18.8 Å². The van der Waals surface area contributed by atoms with Crippen molar-refractivity contribution in [2.75, 3.05) is 13.2 Å². The Labute approximate surface area is 115 Å². The predicted molar refractivity (Wildman–Crippen MR) is 80.9 cm³/mol. The highest BCUT2D eigenvalue weighted by molar-refractivity contribution is 4.44. The van der Waals surface area contributed by atoms with Gasteiger partial charge in [-0.3, -0.25) is 0 Å².